The van der Waals surface area contributed by atoms with E-state index in [1.54, 1.807) is 0 Å². The van der Waals surface area contributed by atoms with E-state index in [4.69, 9.17) is 5.11 Å². The molecule has 0 aromatic carbocycles. The number of carbonyl (C=O) groups is 1. The van der Waals surface area contributed by atoms with Crippen molar-refractivity contribution in [2.75, 3.05) is 19.6 Å². The molecule has 1 rings (SSSR count). The Morgan fingerprint density at radius 2 is 1.84 bits per heavy atom. The van der Waals surface area contributed by atoms with Crippen LogP contribution in [0, 0.1) is 5.92 Å². The first-order valence-corrected chi connectivity index (χ1v) is 6.76. The molecule has 0 spiro atoms. The number of aliphatic hydroxyl groups is 1. The van der Waals surface area contributed by atoms with Gasteiger partial charge in [-0.15, -0.1) is 24.8 Å². The fraction of sp³-hybridized carbons (Fsp3) is 0.923. The second-order valence-electron chi connectivity index (χ2n) is 5.04. The summed E-state index contributed by atoms with van der Waals surface area (Å²) < 4.78 is 0. The van der Waals surface area contributed by atoms with Crippen LogP contribution in [0.2, 0.25) is 0 Å². The Labute approximate surface area is 128 Å². The Hall–Kier alpha value is -0.0300. The van der Waals surface area contributed by atoms with E-state index >= 15 is 0 Å². The van der Waals surface area contributed by atoms with Crippen LogP contribution in [-0.4, -0.2) is 46.8 Å². The average molecular weight is 316 g/mol. The minimum absolute atomic E-state index is 0. The zero-order valence-corrected chi connectivity index (χ0v) is 13.2. The lowest BCUT2D eigenvalue weighted by atomic mass is 9.98. The van der Waals surface area contributed by atoms with E-state index < -0.39 is 5.97 Å². The van der Waals surface area contributed by atoms with Crippen LogP contribution in [0.25, 0.3) is 0 Å². The summed E-state index contributed by atoms with van der Waals surface area (Å²) in [5.74, 6) is -0.850. The number of halogens is 2. The number of carboxylic acid groups (broad SMARTS) is 1. The van der Waals surface area contributed by atoms with Crippen molar-refractivity contribution in [2.24, 2.45) is 5.92 Å². The number of likely N-dealkylation sites (tertiary alicyclic amines) is 1. The Morgan fingerprint density at radius 3 is 2.32 bits per heavy atom. The Balaban J connectivity index is 0. The lowest BCUT2D eigenvalue weighted by Crippen LogP contribution is -2.37. The molecule has 0 aromatic heterocycles. The number of rotatable bonds is 7. The summed E-state index contributed by atoms with van der Waals surface area (Å²) >= 11 is 0. The van der Waals surface area contributed by atoms with Crippen molar-refractivity contribution in [1.29, 1.82) is 0 Å². The Morgan fingerprint density at radius 1 is 1.26 bits per heavy atom. The first kappa shape index (κ1) is 21.3. The number of nitrogens with zero attached hydrogens (tertiary/aromatic N) is 1. The molecule has 1 aliphatic heterocycles. The molecule has 0 radical (unpaired) electrons. The standard InChI is InChI=1S/C13H25NO3.2ClH/c1-2-3-4-11(13(16)17)5-8-14-9-6-12(15)7-10-14;;/h11-12,15H,2-10H2,1H3,(H,16,17);2*1H. The summed E-state index contributed by atoms with van der Waals surface area (Å²) in [5, 5.41) is 18.5. The van der Waals surface area contributed by atoms with E-state index in [-0.39, 0.29) is 36.8 Å². The molecule has 116 valence electrons. The molecule has 2 N–H and O–H groups in total. The van der Waals surface area contributed by atoms with Crippen LogP contribution in [0.15, 0.2) is 0 Å². The molecule has 1 heterocycles. The summed E-state index contributed by atoms with van der Waals surface area (Å²) in [7, 11) is 0. The molecule has 1 fully saturated rings. The lowest BCUT2D eigenvalue weighted by Gasteiger charge is -2.30. The monoisotopic (exact) mass is 315 g/mol. The SMILES string of the molecule is CCCCC(CCN1CCC(O)CC1)C(=O)O.Cl.Cl. The zero-order valence-electron chi connectivity index (χ0n) is 11.6. The van der Waals surface area contributed by atoms with Crippen LogP contribution in [0.4, 0.5) is 0 Å². The van der Waals surface area contributed by atoms with Crippen LogP contribution in [0.5, 0.6) is 0 Å². The van der Waals surface area contributed by atoms with Gasteiger partial charge in [-0.2, -0.15) is 0 Å². The lowest BCUT2D eigenvalue weighted by molar-refractivity contribution is -0.142. The fourth-order valence-corrected chi connectivity index (χ4v) is 2.32. The van der Waals surface area contributed by atoms with Gasteiger partial charge in [0, 0.05) is 13.1 Å². The second kappa shape index (κ2) is 11.8. The molecule has 0 amide bonds. The molecule has 1 atom stereocenters. The van der Waals surface area contributed by atoms with Gasteiger partial charge in [0.05, 0.1) is 12.0 Å². The topological polar surface area (TPSA) is 60.8 Å². The van der Waals surface area contributed by atoms with Gasteiger partial charge in [0.15, 0.2) is 0 Å². The van der Waals surface area contributed by atoms with Crippen molar-refractivity contribution in [3.63, 3.8) is 0 Å². The average Bonchev–Trinajstić information content (AvgIpc) is 2.31. The predicted molar refractivity (Wildman–Crippen MR) is 81.4 cm³/mol. The minimum Gasteiger partial charge on any atom is -0.481 e. The first-order chi connectivity index (χ1) is 8.13. The van der Waals surface area contributed by atoms with Crippen molar-refractivity contribution in [1.82, 2.24) is 4.90 Å². The maximum absolute atomic E-state index is 11.1. The van der Waals surface area contributed by atoms with Gasteiger partial charge >= 0.3 is 5.97 Å². The Bertz CT molecular complexity index is 234. The molecule has 0 aromatic rings. The highest BCUT2D eigenvalue weighted by Gasteiger charge is 2.21. The number of carboxylic acids is 1. The number of aliphatic hydroxyl groups excluding tert-OH is 1. The second-order valence-corrected chi connectivity index (χ2v) is 5.04. The Kier molecular flexibility index (Phi) is 13.2. The molecule has 1 saturated heterocycles. The summed E-state index contributed by atoms with van der Waals surface area (Å²) in [6, 6.07) is 0. The molecular formula is C13H27Cl2NO3. The number of aliphatic carboxylic acids is 1. The van der Waals surface area contributed by atoms with Gasteiger partial charge in [-0.05, 0) is 32.2 Å². The van der Waals surface area contributed by atoms with E-state index in [0.29, 0.717) is 0 Å². The molecule has 0 aliphatic carbocycles. The van der Waals surface area contributed by atoms with E-state index in [1.807, 2.05) is 0 Å². The molecule has 4 nitrogen and oxygen atoms in total. The van der Waals surface area contributed by atoms with Gasteiger partial charge in [0.1, 0.15) is 0 Å². The number of piperidine rings is 1. The van der Waals surface area contributed by atoms with Gasteiger partial charge in [-0.25, -0.2) is 0 Å². The van der Waals surface area contributed by atoms with E-state index in [1.165, 1.54) is 0 Å². The molecular weight excluding hydrogens is 289 g/mol. The molecule has 6 heteroatoms. The summed E-state index contributed by atoms with van der Waals surface area (Å²) in [4.78, 5) is 13.3. The zero-order chi connectivity index (χ0) is 12.7. The third-order valence-corrected chi connectivity index (χ3v) is 3.61. The largest absolute Gasteiger partial charge is 0.481 e. The van der Waals surface area contributed by atoms with Gasteiger partial charge in [-0.1, -0.05) is 19.8 Å². The molecule has 19 heavy (non-hydrogen) atoms. The first-order valence-electron chi connectivity index (χ1n) is 6.76. The molecule has 1 aliphatic rings. The highest BCUT2D eigenvalue weighted by molar-refractivity contribution is 5.85. The van der Waals surface area contributed by atoms with Crippen LogP contribution in [-0.2, 0) is 4.79 Å². The van der Waals surface area contributed by atoms with Crippen molar-refractivity contribution < 1.29 is 15.0 Å². The van der Waals surface area contributed by atoms with E-state index in [0.717, 1.165) is 58.2 Å². The van der Waals surface area contributed by atoms with Crippen LogP contribution >= 0.6 is 24.8 Å². The summed E-state index contributed by atoms with van der Waals surface area (Å²) in [6.07, 6.45) is 5.09. The van der Waals surface area contributed by atoms with Crippen LogP contribution < -0.4 is 0 Å². The van der Waals surface area contributed by atoms with E-state index in [9.17, 15) is 9.90 Å². The summed E-state index contributed by atoms with van der Waals surface area (Å²) in [5.41, 5.74) is 0. The molecule has 1 unspecified atom stereocenters. The van der Waals surface area contributed by atoms with E-state index in [2.05, 4.69) is 11.8 Å². The minimum atomic E-state index is -0.657. The normalized spacial score (nSPS) is 18.2. The maximum Gasteiger partial charge on any atom is 0.306 e. The van der Waals surface area contributed by atoms with Crippen molar-refractivity contribution in [3.05, 3.63) is 0 Å². The van der Waals surface area contributed by atoms with Gasteiger partial charge in [0.25, 0.3) is 0 Å². The van der Waals surface area contributed by atoms with Crippen molar-refractivity contribution in [3.8, 4) is 0 Å². The smallest absolute Gasteiger partial charge is 0.306 e. The van der Waals surface area contributed by atoms with Gasteiger partial charge < -0.3 is 15.1 Å². The quantitative estimate of drug-likeness (QED) is 0.758. The fourth-order valence-electron chi connectivity index (χ4n) is 2.32. The van der Waals surface area contributed by atoms with Gasteiger partial charge in [0.2, 0.25) is 0 Å². The molecule has 0 bridgehead atoms. The highest BCUT2D eigenvalue weighted by Crippen LogP contribution is 2.16. The van der Waals surface area contributed by atoms with Crippen molar-refractivity contribution in [2.45, 2.75) is 51.6 Å². The van der Waals surface area contributed by atoms with Crippen molar-refractivity contribution >= 4 is 30.8 Å². The molecule has 0 saturated carbocycles. The highest BCUT2D eigenvalue weighted by atomic mass is 35.5. The predicted octanol–water partition coefficient (Wildman–Crippen LogP) is 2.57. The third kappa shape index (κ3) is 8.69. The third-order valence-electron chi connectivity index (χ3n) is 3.61. The number of hydrogen-bond donors (Lipinski definition) is 2. The number of hydrogen-bond acceptors (Lipinski definition) is 3. The number of unbranched alkanes of at least 4 members (excludes halogenated alkanes) is 1. The van der Waals surface area contributed by atoms with Gasteiger partial charge in [-0.3, -0.25) is 4.79 Å². The van der Waals surface area contributed by atoms with Crippen LogP contribution in [0.3, 0.4) is 0 Å². The summed E-state index contributed by atoms with van der Waals surface area (Å²) in [6.45, 7) is 4.75. The maximum atomic E-state index is 11.1. The van der Waals surface area contributed by atoms with Crippen LogP contribution in [0.1, 0.15) is 45.4 Å².